The number of nitrogens with zero attached hydrogens (tertiary/aromatic N) is 1. The van der Waals surface area contributed by atoms with Crippen molar-refractivity contribution in [1.82, 2.24) is 4.98 Å². The maximum absolute atomic E-state index is 9.15. The summed E-state index contributed by atoms with van der Waals surface area (Å²) in [4.78, 5) is 4.17. The summed E-state index contributed by atoms with van der Waals surface area (Å²) in [5.74, 6) is 0. The lowest BCUT2D eigenvalue weighted by atomic mass is 10.1. The number of nitrogen functional groups attached to an aromatic ring is 1. The molecule has 1 heterocycles. The van der Waals surface area contributed by atoms with Gasteiger partial charge in [0.2, 0.25) is 0 Å². The van der Waals surface area contributed by atoms with Gasteiger partial charge in [-0.1, -0.05) is 29.3 Å². The summed E-state index contributed by atoms with van der Waals surface area (Å²) in [6, 6.07) is 6.92. The van der Waals surface area contributed by atoms with Crippen LogP contribution in [0.2, 0.25) is 10.0 Å². The normalized spacial score (nSPS) is 10.5. The largest absolute Gasteiger partial charge is 0.397 e. The molecule has 1 aromatic carbocycles. The molecule has 0 saturated carbocycles. The summed E-state index contributed by atoms with van der Waals surface area (Å²) in [7, 11) is 0. The van der Waals surface area contributed by atoms with Crippen molar-refractivity contribution in [3.63, 3.8) is 0 Å². The van der Waals surface area contributed by atoms with Crippen LogP contribution < -0.4 is 5.73 Å². The van der Waals surface area contributed by atoms with E-state index in [-0.39, 0.29) is 6.61 Å². The zero-order valence-corrected chi connectivity index (χ0v) is 10.3. The van der Waals surface area contributed by atoms with E-state index >= 15 is 0 Å². The Balaban J connectivity index is 2.61. The van der Waals surface area contributed by atoms with Crippen LogP contribution in [0.1, 0.15) is 5.56 Å². The number of hydrogen-bond acceptors (Lipinski definition) is 3. The molecule has 1 aromatic heterocycles. The zero-order valence-electron chi connectivity index (χ0n) is 8.82. The van der Waals surface area contributed by atoms with Gasteiger partial charge in [0.25, 0.3) is 0 Å². The third kappa shape index (κ3) is 2.36. The van der Waals surface area contributed by atoms with E-state index < -0.39 is 0 Å². The Hall–Kier alpha value is -1.29. The molecule has 2 aromatic rings. The predicted molar refractivity (Wildman–Crippen MR) is 70.0 cm³/mol. The highest BCUT2D eigenvalue weighted by Gasteiger charge is 2.11. The molecule has 0 aliphatic rings. The molecule has 0 bridgehead atoms. The molecule has 0 atom stereocenters. The van der Waals surface area contributed by atoms with E-state index in [0.29, 0.717) is 32.6 Å². The van der Waals surface area contributed by atoms with Gasteiger partial charge in [-0.05, 0) is 18.2 Å². The van der Waals surface area contributed by atoms with Gasteiger partial charge in [-0.3, -0.25) is 4.98 Å². The first-order valence-corrected chi connectivity index (χ1v) is 5.68. The summed E-state index contributed by atoms with van der Waals surface area (Å²) in [6.45, 7) is -0.149. The van der Waals surface area contributed by atoms with Crippen molar-refractivity contribution in [2.24, 2.45) is 0 Å². The average Bonchev–Trinajstić information content (AvgIpc) is 2.31. The van der Waals surface area contributed by atoms with Crippen LogP contribution in [0.5, 0.6) is 0 Å². The Kier molecular flexibility index (Phi) is 3.52. The summed E-state index contributed by atoms with van der Waals surface area (Å²) in [5, 5.41) is 10.2. The fraction of sp³-hybridized carbons (Fsp3) is 0.0833. The smallest absolute Gasteiger partial charge is 0.0737 e. The van der Waals surface area contributed by atoms with E-state index in [4.69, 9.17) is 34.0 Å². The highest BCUT2D eigenvalue weighted by atomic mass is 35.5. The van der Waals surface area contributed by atoms with Crippen LogP contribution in [0, 0.1) is 0 Å². The zero-order chi connectivity index (χ0) is 12.4. The van der Waals surface area contributed by atoms with Gasteiger partial charge < -0.3 is 10.8 Å². The number of hydrogen-bond donors (Lipinski definition) is 2. The summed E-state index contributed by atoms with van der Waals surface area (Å²) in [5.41, 5.74) is 7.95. The fourth-order valence-electron chi connectivity index (χ4n) is 1.52. The molecule has 0 saturated heterocycles. The number of rotatable bonds is 2. The van der Waals surface area contributed by atoms with E-state index in [0.717, 1.165) is 0 Å². The lowest BCUT2D eigenvalue weighted by Gasteiger charge is -2.09. The summed E-state index contributed by atoms with van der Waals surface area (Å²) >= 11 is 12.2. The van der Waals surface area contributed by atoms with Crippen LogP contribution in [0.4, 0.5) is 5.69 Å². The van der Waals surface area contributed by atoms with Crippen molar-refractivity contribution < 1.29 is 5.11 Å². The molecule has 0 fully saturated rings. The Labute approximate surface area is 109 Å². The van der Waals surface area contributed by atoms with Crippen molar-refractivity contribution in [2.45, 2.75) is 6.61 Å². The summed E-state index contributed by atoms with van der Waals surface area (Å²) in [6.07, 6.45) is 1.49. The molecule has 0 spiro atoms. The summed E-state index contributed by atoms with van der Waals surface area (Å²) < 4.78 is 0. The van der Waals surface area contributed by atoms with Gasteiger partial charge in [0.05, 0.1) is 34.2 Å². The third-order valence-corrected chi connectivity index (χ3v) is 3.04. The quantitative estimate of drug-likeness (QED) is 0.880. The predicted octanol–water partition coefficient (Wildman–Crippen LogP) is 3.13. The van der Waals surface area contributed by atoms with Crippen LogP contribution >= 0.6 is 23.2 Å². The van der Waals surface area contributed by atoms with E-state index in [1.165, 1.54) is 6.20 Å². The molecule has 0 unspecified atom stereocenters. The first-order valence-electron chi connectivity index (χ1n) is 4.93. The lowest BCUT2D eigenvalue weighted by Crippen LogP contribution is -1.97. The standard InChI is InChI=1S/C12H10Cl2N2O/c13-8-2-1-3-9(14)12(8)11-4-7(6-17)10(15)5-16-11/h1-5,17H,6,15H2. The van der Waals surface area contributed by atoms with Crippen LogP contribution in [-0.4, -0.2) is 10.1 Å². The molecule has 0 radical (unpaired) electrons. The highest BCUT2D eigenvalue weighted by Crippen LogP contribution is 2.34. The van der Waals surface area contributed by atoms with E-state index in [2.05, 4.69) is 4.98 Å². The van der Waals surface area contributed by atoms with E-state index in [9.17, 15) is 0 Å². The van der Waals surface area contributed by atoms with Gasteiger partial charge in [-0.25, -0.2) is 0 Å². The van der Waals surface area contributed by atoms with Crippen LogP contribution in [0.3, 0.4) is 0 Å². The molecule has 3 nitrogen and oxygen atoms in total. The van der Waals surface area contributed by atoms with Crippen molar-refractivity contribution in [2.75, 3.05) is 5.73 Å². The van der Waals surface area contributed by atoms with Gasteiger partial charge in [0.1, 0.15) is 0 Å². The molecule has 5 heteroatoms. The monoisotopic (exact) mass is 268 g/mol. The highest BCUT2D eigenvalue weighted by molar-refractivity contribution is 6.39. The van der Waals surface area contributed by atoms with Gasteiger partial charge >= 0.3 is 0 Å². The van der Waals surface area contributed by atoms with Crippen molar-refractivity contribution in [3.8, 4) is 11.3 Å². The second-order valence-corrected chi connectivity index (χ2v) is 4.34. The second kappa shape index (κ2) is 4.92. The lowest BCUT2D eigenvalue weighted by molar-refractivity contribution is 0.282. The number of nitrogens with two attached hydrogens (primary N) is 1. The number of halogens is 2. The number of aliphatic hydroxyl groups is 1. The SMILES string of the molecule is Nc1cnc(-c2c(Cl)cccc2Cl)cc1CO. The molecule has 17 heavy (non-hydrogen) atoms. The Morgan fingerprint density at radius 2 is 1.88 bits per heavy atom. The number of aliphatic hydroxyl groups excluding tert-OH is 1. The number of pyridine rings is 1. The van der Waals surface area contributed by atoms with Crippen LogP contribution in [0.25, 0.3) is 11.3 Å². The number of aromatic nitrogens is 1. The van der Waals surface area contributed by atoms with Crippen molar-refractivity contribution in [1.29, 1.82) is 0 Å². The van der Waals surface area contributed by atoms with Gasteiger partial charge in [-0.15, -0.1) is 0 Å². The molecule has 3 N–H and O–H groups in total. The van der Waals surface area contributed by atoms with Crippen molar-refractivity contribution in [3.05, 3.63) is 46.1 Å². The van der Waals surface area contributed by atoms with Gasteiger partial charge in [-0.2, -0.15) is 0 Å². The average molecular weight is 269 g/mol. The molecule has 88 valence electrons. The Morgan fingerprint density at radius 3 is 2.47 bits per heavy atom. The molecular weight excluding hydrogens is 259 g/mol. The van der Waals surface area contributed by atoms with E-state index in [1.807, 2.05) is 0 Å². The third-order valence-electron chi connectivity index (χ3n) is 2.41. The minimum absolute atomic E-state index is 0.149. The van der Waals surface area contributed by atoms with Crippen LogP contribution in [0.15, 0.2) is 30.5 Å². The van der Waals surface area contributed by atoms with Gasteiger partial charge in [0, 0.05) is 11.1 Å². The number of anilines is 1. The second-order valence-electron chi connectivity index (χ2n) is 3.52. The molecule has 2 rings (SSSR count). The van der Waals surface area contributed by atoms with Crippen molar-refractivity contribution >= 4 is 28.9 Å². The Morgan fingerprint density at radius 1 is 1.24 bits per heavy atom. The topological polar surface area (TPSA) is 59.1 Å². The molecule has 0 aliphatic heterocycles. The maximum atomic E-state index is 9.15. The molecule has 0 amide bonds. The van der Waals surface area contributed by atoms with Crippen LogP contribution in [-0.2, 0) is 6.61 Å². The fourth-order valence-corrected chi connectivity index (χ4v) is 2.11. The van der Waals surface area contributed by atoms with Gasteiger partial charge in [0.15, 0.2) is 0 Å². The molecule has 0 aliphatic carbocycles. The first kappa shape index (κ1) is 12.2. The minimum Gasteiger partial charge on any atom is -0.397 e. The minimum atomic E-state index is -0.149. The number of benzene rings is 1. The van der Waals surface area contributed by atoms with E-state index in [1.54, 1.807) is 24.3 Å². The first-order chi connectivity index (χ1) is 8.13. The maximum Gasteiger partial charge on any atom is 0.0737 e. The molecular formula is C12H10Cl2N2O. The Bertz CT molecular complexity index is 538.